The molecule has 0 spiro atoms. The van der Waals surface area contributed by atoms with Gasteiger partial charge in [-0.15, -0.1) is 0 Å². The van der Waals surface area contributed by atoms with Crippen LogP contribution in [0, 0.1) is 0 Å². The van der Waals surface area contributed by atoms with E-state index in [1.165, 1.54) is 11.8 Å². The summed E-state index contributed by atoms with van der Waals surface area (Å²) in [6.45, 7) is 1.33. The second kappa shape index (κ2) is 9.41. The highest BCUT2D eigenvalue weighted by molar-refractivity contribution is 6.01. The normalized spacial score (nSPS) is 10.1. The third-order valence-corrected chi connectivity index (χ3v) is 4.18. The average Bonchev–Trinajstić information content (AvgIpc) is 2.74. The number of benzene rings is 3. The molecule has 0 saturated heterocycles. The molecule has 6 nitrogen and oxygen atoms in total. The molecular formula is C23H22N2O4. The van der Waals surface area contributed by atoms with Gasteiger partial charge in [0.15, 0.2) is 0 Å². The van der Waals surface area contributed by atoms with Crippen molar-refractivity contribution in [3.63, 3.8) is 0 Å². The number of hydrogen-bond acceptors (Lipinski definition) is 4. The molecule has 0 unspecified atom stereocenters. The largest absolute Gasteiger partial charge is 0.497 e. The first kappa shape index (κ1) is 19.9. The molecule has 3 rings (SSSR count). The van der Waals surface area contributed by atoms with E-state index in [9.17, 15) is 9.59 Å². The molecule has 0 aliphatic heterocycles. The maximum atomic E-state index is 12.4. The van der Waals surface area contributed by atoms with Gasteiger partial charge in [0, 0.05) is 18.3 Å². The highest BCUT2D eigenvalue weighted by atomic mass is 16.5. The number of nitrogens with one attached hydrogen (secondary N) is 1. The summed E-state index contributed by atoms with van der Waals surface area (Å²) in [4.78, 5) is 25.9. The van der Waals surface area contributed by atoms with Gasteiger partial charge in [0.05, 0.1) is 7.11 Å². The van der Waals surface area contributed by atoms with Crippen LogP contribution in [0.25, 0.3) is 0 Å². The Labute approximate surface area is 169 Å². The van der Waals surface area contributed by atoms with Crippen LogP contribution in [0.15, 0.2) is 78.9 Å². The Morgan fingerprint density at radius 2 is 1.41 bits per heavy atom. The second-order valence-corrected chi connectivity index (χ2v) is 6.29. The molecule has 3 aromatic rings. The lowest BCUT2D eigenvalue weighted by molar-refractivity contribution is -0.120. The summed E-state index contributed by atoms with van der Waals surface area (Å²) in [5, 5.41) is 2.78. The number of rotatable bonds is 7. The molecule has 3 aromatic carbocycles. The quantitative estimate of drug-likeness (QED) is 0.646. The van der Waals surface area contributed by atoms with Crippen LogP contribution >= 0.6 is 0 Å². The van der Waals surface area contributed by atoms with Crippen LogP contribution in [-0.2, 0) is 9.59 Å². The molecule has 29 heavy (non-hydrogen) atoms. The minimum absolute atomic E-state index is 0.0970. The Morgan fingerprint density at radius 3 is 2.00 bits per heavy atom. The molecule has 6 heteroatoms. The maximum absolute atomic E-state index is 12.4. The van der Waals surface area contributed by atoms with Crippen LogP contribution in [0.2, 0.25) is 0 Å². The third-order valence-electron chi connectivity index (χ3n) is 4.18. The van der Waals surface area contributed by atoms with Gasteiger partial charge in [-0.05, 0) is 60.7 Å². The van der Waals surface area contributed by atoms with Gasteiger partial charge in [0.25, 0.3) is 0 Å². The van der Waals surface area contributed by atoms with Gasteiger partial charge in [-0.2, -0.15) is 0 Å². The highest BCUT2D eigenvalue weighted by Crippen LogP contribution is 2.24. The van der Waals surface area contributed by atoms with Crippen molar-refractivity contribution in [2.24, 2.45) is 0 Å². The van der Waals surface area contributed by atoms with Gasteiger partial charge in [-0.1, -0.05) is 18.2 Å². The van der Waals surface area contributed by atoms with Crippen molar-refractivity contribution in [3.05, 3.63) is 78.9 Å². The summed E-state index contributed by atoms with van der Waals surface area (Å²) in [5.41, 5.74) is 1.24. The molecule has 0 aliphatic rings. The molecule has 1 N–H and O–H groups in total. The number of carbonyl (C=O) groups is 2. The first-order chi connectivity index (χ1) is 14.0. The average molecular weight is 390 g/mol. The van der Waals surface area contributed by atoms with Gasteiger partial charge in [-0.25, -0.2) is 0 Å². The van der Waals surface area contributed by atoms with Crippen molar-refractivity contribution in [2.45, 2.75) is 6.92 Å². The van der Waals surface area contributed by atoms with Crippen LogP contribution in [0.4, 0.5) is 11.4 Å². The fourth-order valence-corrected chi connectivity index (χ4v) is 2.72. The van der Waals surface area contributed by atoms with Crippen molar-refractivity contribution < 1.29 is 19.1 Å². The van der Waals surface area contributed by atoms with E-state index < -0.39 is 0 Å². The third kappa shape index (κ3) is 5.59. The molecule has 0 saturated carbocycles. The fraction of sp³-hybridized carbons (Fsp3) is 0.130. The molecule has 0 radical (unpaired) electrons. The molecule has 148 valence electrons. The zero-order valence-corrected chi connectivity index (χ0v) is 16.3. The lowest BCUT2D eigenvalue weighted by Crippen LogP contribution is -2.36. The van der Waals surface area contributed by atoms with Crippen LogP contribution in [0.3, 0.4) is 0 Å². The monoisotopic (exact) mass is 390 g/mol. The second-order valence-electron chi connectivity index (χ2n) is 6.29. The minimum atomic E-state index is -0.296. The fourth-order valence-electron chi connectivity index (χ4n) is 2.72. The number of carbonyl (C=O) groups excluding carboxylic acids is 2. The van der Waals surface area contributed by atoms with Crippen LogP contribution < -0.4 is 19.7 Å². The molecule has 0 heterocycles. The van der Waals surface area contributed by atoms with E-state index in [1.807, 2.05) is 30.3 Å². The standard InChI is InChI=1S/C23H22N2O4/c1-17(26)25(16-23(27)24-18-8-12-20(28-2)13-9-18)19-10-14-22(15-11-19)29-21-6-4-3-5-7-21/h3-15H,16H2,1-2H3,(H,24,27). The van der Waals surface area contributed by atoms with Gasteiger partial charge >= 0.3 is 0 Å². The van der Waals surface area contributed by atoms with Crippen molar-refractivity contribution in [3.8, 4) is 17.2 Å². The first-order valence-corrected chi connectivity index (χ1v) is 9.10. The number of anilines is 2. The number of methoxy groups -OCH3 is 1. The lowest BCUT2D eigenvalue weighted by Gasteiger charge is -2.21. The molecule has 0 atom stereocenters. The first-order valence-electron chi connectivity index (χ1n) is 9.10. The zero-order valence-electron chi connectivity index (χ0n) is 16.3. The van der Waals surface area contributed by atoms with Gasteiger partial charge < -0.3 is 19.7 Å². The Hall–Kier alpha value is -3.80. The van der Waals surface area contributed by atoms with Crippen molar-refractivity contribution in [2.75, 3.05) is 23.9 Å². The van der Waals surface area contributed by atoms with E-state index in [0.29, 0.717) is 22.9 Å². The summed E-state index contributed by atoms with van der Waals surface area (Å²) < 4.78 is 10.9. The molecule has 0 fully saturated rings. The Kier molecular flexibility index (Phi) is 6.47. The van der Waals surface area contributed by atoms with E-state index in [1.54, 1.807) is 55.6 Å². The minimum Gasteiger partial charge on any atom is -0.497 e. The van der Waals surface area contributed by atoms with Crippen LogP contribution in [-0.4, -0.2) is 25.5 Å². The van der Waals surface area contributed by atoms with Crippen LogP contribution in [0.1, 0.15) is 6.92 Å². The molecule has 0 aromatic heterocycles. The predicted octanol–water partition coefficient (Wildman–Crippen LogP) is 4.48. The number of hydrogen-bond donors (Lipinski definition) is 1. The summed E-state index contributed by atoms with van der Waals surface area (Å²) in [6.07, 6.45) is 0. The van der Waals surface area contributed by atoms with Crippen LogP contribution in [0.5, 0.6) is 17.2 Å². The summed E-state index contributed by atoms with van der Waals surface area (Å²) >= 11 is 0. The van der Waals surface area contributed by atoms with E-state index in [2.05, 4.69) is 5.32 Å². The summed E-state index contributed by atoms with van der Waals surface area (Å²) in [5.74, 6) is 1.54. The van der Waals surface area contributed by atoms with E-state index in [0.717, 1.165) is 5.75 Å². The van der Waals surface area contributed by atoms with Gasteiger partial charge in [-0.3, -0.25) is 9.59 Å². The number of ether oxygens (including phenoxy) is 2. The van der Waals surface area contributed by atoms with Gasteiger partial charge in [0.2, 0.25) is 11.8 Å². The molecule has 2 amide bonds. The predicted molar refractivity (Wildman–Crippen MR) is 113 cm³/mol. The Morgan fingerprint density at radius 1 is 0.828 bits per heavy atom. The number of nitrogens with zero attached hydrogens (tertiary/aromatic N) is 1. The lowest BCUT2D eigenvalue weighted by atomic mass is 10.2. The Bertz CT molecular complexity index is 954. The highest BCUT2D eigenvalue weighted by Gasteiger charge is 2.16. The van der Waals surface area contributed by atoms with Gasteiger partial charge in [0.1, 0.15) is 23.8 Å². The Balaban J connectivity index is 1.65. The number of para-hydroxylation sites is 1. The summed E-state index contributed by atoms with van der Waals surface area (Å²) in [6, 6.07) is 23.4. The molecular weight excluding hydrogens is 368 g/mol. The number of amides is 2. The van der Waals surface area contributed by atoms with Crippen molar-refractivity contribution >= 4 is 23.2 Å². The van der Waals surface area contributed by atoms with E-state index in [4.69, 9.17) is 9.47 Å². The zero-order chi connectivity index (χ0) is 20.6. The van der Waals surface area contributed by atoms with E-state index >= 15 is 0 Å². The maximum Gasteiger partial charge on any atom is 0.244 e. The molecule has 0 bridgehead atoms. The van der Waals surface area contributed by atoms with Crippen molar-refractivity contribution in [1.82, 2.24) is 0 Å². The van der Waals surface area contributed by atoms with Crippen molar-refractivity contribution in [1.29, 1.82) is 0 Å². The molecule has 0 aliphatic carbocycles. The van der Waals surface area contributed by atoms with E-state index in [-0.39, 0.29) is 18.4 Å². The summed E-state index contributed by atoms with van der Waals surface area (Å²) in [7, 11) is 1.58. The SMILES string of the molecule is COc1ccc(NC(=O)CN(C(C)=O)c2ccc(Oc3ccccc3)cc2)cc1. The topological polar surface area (TPSA) is 67.9 Å². The smallest absolute Gasteiger partial charge is 0.244 e.